The van der Waals surface area contributed by atoms with Crippen LogP contribution in [0.25, 0.3) is 6.08 Å². The molecule has 0 aliphatic heterocycles. The molecule has 1 saturated carbocycles. The van der Waals surface area contributed by atoms with Crippen LogP contribution in [0.5, 0.6) is 0 Å². The van der Waals surface area contributed by atoms with Crippen molar-refractivity contribution >= 4 is 23.6 Å². The maximum absolute atomic E-state index is 12.6. The van der Waals surface area contributed by atoms with Gasteiger partial charge in [0, 0.05) is 35.2 Å². The summed E-state index contributed by atoms with van der Waals surface area (Å²) in [7, 11) is 0. The predicted molar refractivity (Wildman–Crippen MR) is 111 cm³/mol. The maximum Gasteiger partial charge on any atom is 0.331 e. The molecule has 0 unspecified atom stereocenters. The average Bonchev–Trinajstić information content (AvgIpc) is 3.44. The minimum absolute atomic E-state index is 0.0306. The Hall–Kier alpha value is -2.82. The first-order chi connectivity index (χ1) is 13.4. The number of hydrogen-bond donors (Lipinski definition) is 0. The Balaban J connectivity index is 1.60. The van der Waals surface area contributed by atoms with E-state index >= 15 is 0 Å². The summed E-state index contributed by atoms with van der Waals surface area (Å²) in [5, 5.41) is 0. The van der Waals surface area contributed by atoms with E-state index < -0.39 is 5.97 Å². The third-order valence-corrected chi connectivity index (χ3v) is 4.99. The van der Waals surface area contributed by atoms with Gasteiger partial charge in [0.25, 0.3) is 5.91 Å². The van der Waals surface area contributed by atoms with E-state index in [0.717, 1.165) is 16.9 Å². The molecule has 1 fully saturated rings. The topological polar surface area (TPSA) is 51.5 Å². The number of esters is 1. The van der Waals surface area contributed by atoms with Gasteiger partial charge < -0.3 is 14.2 Å². The summed E-state index contributed by atoms with van der Waals surface area (Å²) in [5.41, 5.74) is 4.18. The number of aromatic nitrogens is 1. The summed E-state index contributed by atoms with van der Waals surface area (Å²) in [6.45, 7) is 7.74. The number of para-hydroxylation sites is 1. The molecule has 28 heavy (non-hydrogen) atoms. The van der Waals surface area contributed by atoms with Gasteiger partial charge in [-0.2, -0.15) is 0 Å². The van der Waals surface area contributed by atoms with Crippen LogP contribution in [0.3, 0.4) is 0 Å². The van der Waals surface area contributed by atoms with Crippen LogP contribution in [0.2, 0.25) is 0 Å². The fourth-order valence-electron chi connectivity index (χ4n) is 3.59. The van der Waals surface area contributed by atoms with Crippen LogP contribution < -0.4 is 4.90 Å². The van der Waals surface area contributed by atoms with Crippen LogP contribution in [-0.4, -0.2) is 29.1 Å². The van der Waals surface area contributed by atoms with Gasteiger partial charge in [-0.1, -0.05) is 18.2 Å². The highest BCUT2D eigenvalue weighted by atomic mass is 16.5. The Labute approximate surface area is 166 Å². The molecular formula is C23H28N2O3. The maximum atomic E-state index is 12.6. The SMILES string of the molecule is Cc1cc(/C=C/C(=O)OCC(=O)N(c2ccccc2)C(C)C)c(C)n1C1CC1. The number of anilines is 1. The molecule has 1 aliphatic rings. The summed E-state index contributed by atoms with van der Waals surface area (Å²) in [6, 6.07) is 12.1. The first-order valence-corrected chi connectivity index (χ1v) is 9.79. The first-order valence-electron chi connectivity index (χ1n) is 9.79. The van der Waals surface area contributed by atoms with Gasteiger partial charge in [0.15, 0.2) is 6.61 Å². The van der Waals surface area contributed by atoms with Crippen LogP contribution in [0, 0.1) is 13.8 Å². The van der Waals surface area contributed by atoms with E-state index in [9.17, 15) is 9.59 Å². The highest BCUT2D eigenvalue weighted by Crippen LogP contribution is 2.38. The Morgan fingerprint density at radius 2 is 1.89 bits per heavy atom. The highest BCUT2D eigenvalue weighted by molar-refractivity contribution is 5.96. The molecule has 0 N–H and O–H groups in total. The van der Waals surface area contributed by atoms with Crippen LogP contribution in [0.1, 0.15) is 49.7 Å². The molecule has 5 nitrogen and oxygen atoms in total. The van der Waals surface area contributed by atoms with Gasteiger partial charge in [-0.25, -0.2) is 4.79 Å². The second-order valence-corrected chi connectivity index (χ2v) is 7.56. The standard InChI is InChI=1S/C23H28N2O3/c1-16(2)24(20-8-6-5-7-9-20)22(26)15-28-23(27)13-10-19-14-17(3)25(18(19)4)21-11-12-21/h5-10,13-14,16,21H,11-12,15H2,1-4H3/b13-10+. The fraction of sp³-hybridized carbons (Fsp3) is 0.391. The summed E-state index contributed by atoms with van der Waals surface area (Å²) in [5.74, 6) is -0.754. The molecular weight excluding hydrogens is 352 g/mol. The third-order valence-electron chi connectivity index (χ3n) is 4.99. The lowest BCUT2D eigenvalue weighted by atomic mass is 10.2. The van der Waals surface area contributed by atoms with Gasteiger partial charge in [0.1, 0.15) is 0 Å². The molecule has 0 atom stereocenters. The molecule has 0 spiro atoms. The molecule has 0 saturated heterocycles. The van der Waals surface area contributed by atoms with Crippen LogP contribution in [0.4, 0.5) is 5.69 Å². The zero-order valence-corrected chi connectivity index (χ0v) is 17.0. The van der Waals surface area contributed by atoms with Crippen molar-refractivity contribution < 1.29 is 14.3 Å². The van der Waals surface area contributed by atoms with E-state index in [1.54, 1.807) is 11.0 Å². The number of nitrogens with zero attached hydrogens (tertiary/aromatic N) is 2. The number of ether oxygens (including phenoxy) is 1. The van der Waals surface area contributed by atoms with E-state index in [1.165, 1.54) is 24.6 Å². The number of rotatable bonds is 7. The van der Waals surface area contributed by atoms with E-state index in [-0.39, 0.29) is 18.6 Å². The van der Waals surface area contributed by atoms with Crippen molar-refractivity contribution in [1.29, 1.82) is 0 Å². The van der Waals surface area contributed by atoms with Crippen molar-refractivity contribution in [1.82, 2.24) is 4.57 Å². The molecule has 0 bridgehead atoms. The number of benzene rings is 1. The lowest BCUT2D eigenvalue weighted by Gasteiger charge is -2.26. The van der Waals surface area contributed by atoms with Gasteiger partial charge >= 0.3 is 5.97 Å². The summed E-state index contributed by atoms with van der Waals surface area (Å²) < 4.78 is 7.52. The highest BCUT2D eigenvalue weighted by Gasteiger charge is 2.26. The molecule has 1 heterocycles. The van der Waals surface area contributed by atoms with Gasteiger partial charge in [-0.3, -0.25) is 4.79 Å². The Kier molecular flexibility index (Phi) is 6.02. The monoisotopic (exact) mass is 380 g/mol. The van der Waals surface area contributed by atoms with Crippen molar-refractivity contribution in [2.45, 2.75) is 52.6 Å². The normalized spacial score (nSPS) is 13.9. The molecule has 0 radical (unpaired) electrons. The van der Waals surface area contributed by atoms with Crippen LogP contribution >= 0.6 is 0 Å². The van der Waals surface area contributed by atoms with Crippen molar-refractivity contribution in [2.75, 3.05) is 11.5 Å². The van der Waals surface area contributed by atoms with Crippen molar-refractivity contribution in [3.8, 4) is 0 Å². The number of hydrogen-bond acceptors (Lipinski definition) is 3. The summed E-state index contributed by atoms with van der Waals surface area (Å²) in [6.07, 6.45) is 5.61. The fourth-order valence-corrected chi connectivity index (χ4v) is 3.59. The quantitative estimate of drug-likeness (QED) is 0.527. The number of carbonyl (C=O) groups is 2. The molecule has 148 valence electrons. The minimum atomic E-state index is -0.513. The van der Waals surface area contributed by atoms with Gasteiger partial charge in [0.2, 0.25) is 0 Å². The van der Waals surface area contributed by atoms with Gasteiger partial charge in [0.05, 0.1) is 0 Å². The second kappa shape index (κ2) is 8.46. The molecule has 3 rings (SSSR count). The molecule has 1 aliphatic carbocycles. The van der Waals surface area contributed by atoms with Crippen molar-refractivity contribution in [3.63, 3.8) is 0 Å². The lowest BCUT2D eigenvalue weighted by Crippen LogP contribution is -2.39. The van der Waals surface area contributed by atoms with E-state index in [4.69, 9.17) is 4.74 Å². The van der Waals surface area contributed by atoms with E-state index in [0.29, 0.717) is 6.04 Å². The van der Waals surface area contributed by atoms with Crippen LogP contribution in [-0.2, 0) is 14.3 Å². The van der Waals surface area contributed by atoms with Gasteiger partial charge in [-0.15, -0.1) is 0 Å². The second-order valence-electron chi connectivity index (χ2n) is 7.56. The summed E-state index contributed by atoms with van der Waals surface area (Å²) >= 11 is 0. The zero-order valence-electron chi connectivity index (χ0n) is 17.0. The third kappa shape index (κ3) is 4.53. The van der Waals surface area contributed by atoms with E-state index in [2.05, 4.69) is 24.5 Å². The Morgan fingerprint density at radius 1 is 1.21 bits per heavy atom. The molecule has 5 heteroatoms. The van der Waals surface area contributed by atoms with Gasteiger partial charge in [-0.05, 0) is 70.4 Å². The molecule has 1 amide bonds. The Bertz CT molecular complexity index is 877. The molecule has 1 aromatic carbocycles. The van der Waals surface area contributed by atoms with E-state index in [1.807, 2.05) is 44.2 Å². The average molecular weight is 380 g/mol. The first kappa shape index (κ1) is 19.9. The molecule has 1 aromatic heterocycles. The van der Waals surface area contributed by atoms with Crippen molar-refractivity contribution in [2.24, 2.45) is 0 Å². The zero-order chi connectivity index (χ0) is 20.3. The van der Waals surface area contributed by atoms with Crippen molar-refractivity contribution in [3.05, 3.63) is 59.4 Å². The number of aryl methyl sites for hydroxylation is 1. The molecule has 2 aromatic rings. The summed E-state index contributed by atoms with van der Waals surface area (Å²) in [4.78, 5) is 26.3. The number of carbonyl (C=O) groups excluding carboxylic acids is 2. The smallest absolute Gasteiger partial charge is 0.331 e. The van der Waals surface area contributed by atoms with Crippen LogP contribution in [0.15, 0.2) is 42.5 Å². The largest absolute Gasteiger partial charge is 0.452 e. The number of amides is 1. The predicted octanol–water partition coefficient (Wildman–Crippen LogP) is 4.44. The lowest BCUT2D eigenvalue weighted by molar-refractivity contribution is -0.143. The minimum Gasteiger partial charge on any atom is -0.452 e. The Morgan fingerprint density at radius 3 is 2.50 bits per heavy atom.